The number of carbonyl (C=O) groups is 2. The highest BCUT2D eigenvalue weighted by atomic mass is 16.6. The number of alkyl carbamates (subject to hydrolysis) is 1. The Kier molecular flexibility index (Phi) is 3.88. The van der Waals surface area contributed by atoms with E-state index in [2.05, 4.69) is 5.32 Å². The number of nitrogens with one attached hydrogen (secondary N) is 1. The van der Waals surface area contributed by atoms with E-state index in [0.29, 0.717) is 5.41 Å². The van der Waals surface area contributed by atoms with Gasteiger partial charge in [0.15, 0.2) is 0 Å². The van der Waals surface area contributed by atoms with E-state index >= 15 is 0 Å². The molecule has 2 aliphatic carbocycles. The van der Waals surface area contributed by atoms with Gasteiger partial charge in [-0.05, 0) is 64.7 Å². The highest BCUT2D eigenvalue weighted by Gasteiger charge is 2.45. The quantitative estimate of drug-likeness (QED) is 0.782. The van der Waals surface area contributed by atoms with Crippen LogP contribution >= 0.6 is 0 Å². The molecule has 1 amide bonds. The Morgan fingerprint density at radius 1 is 1.26 bits per heavy atom. The molecular weight excluding hydrogens is 242 g/mol. The molecule has 0 unspecified atom stereocenters. The number of hydrogen-bond donors (Lipinski definition) is 1. The van der Waals surface area contributed by atoms with Crippen molar-refractivity contribution >= 4 is 12.4 Å². The predicted molar refractivity (Wildman–Crippen MR) is 72.8 cm³/mol. The second-order valence-electron chi connectivity index (χ2n) is 7.22. The van der Waals surface area contributed by atoms with Gasteiger partial charge in [-0.25, -0.2) is 4.79 Å². The van der Waals surface area contributed by atoms with Crippen LogP contribution in [-0.2, 0) is 9.53 Å². The monoisotopic (exact) mass is 267 g/mol. The largest absolute Gasteiger partial charge is 0.444 e. The number of hydrogen-bond acceptors (Lipinski definition) is 3. The van der Waals surface area contributed by atoms with Gasteiger partial charge in [0, 0.05) is 12.0 Å². The standard InChI is InChI=1S/C15H25NO3/c1-14(2,3)19-13(18)16-12-4-6-15(7-5-12)8-11(9-15)10-17/h10-12H,4-9H2,1-3H3,(H,16,18). The molecule has 2 aliphatic rings. The van der Waals surface area contributed by atoms with Crippen LogP contribution in [0.4, 0.5) is 4.79 Å². The summed E-state index contributed by atoms with van der Waals surface area (Å²) in [4.78, 5) is 22.4. The molecule has 0 aliphatic heterocycles. The summed E-state index contributed by atoms with van der Waals surface area (Å²) in [5.41, 5.74) is -0.0389. The zero-order valence-corrected chi connectivity index (χ0v) is 12.2. The normalized spacial score (nSPS) is 34.5. The topological polar surface area (TPSA) is 55.4 Å². The smallest absolute Gasteiger partial charge is 0.407 e. The molecule has 0 atom stereocenters. The maximum Gasteiger partial charge on any atom is 0.407 e. The van der Waals surface area contributed by atoms with Crippen LogP contribution in [0, 0.1) is 11.3 Å². The lowest BCUT2D eigenvalue weighted by atomic mass is 9.55. The van der Waals surface area contributed by atoms with Gasteiger partial charge in [-0.2, -0.15) is 0 Å². The fourth-order valence-corrected chi connectivity index (χ4v) is 3.41. The molecule has 108 valence electrons. The third-order valence-corrected chi connectivity index (χ3v) is 4.35. The lowest BCUT2D eigenvalue weighted by Gasteiger charge is -2.50. The zero-order chi connectivity index (χ0) is 14.1. The summed E-state index contributed by atoms with van der Waals surface area (Å²) < 4.78 is 5.27. The van der Waals surface area contributed by atoms with Crippen LogP contribution in [0.25, 0.3) is 0 Å². The molecule has 0 radical (unpaired) electrons. The van der Waals surface area contributed by atoms with E-state index in [9.17, 15) is 9.59 Å². The highest BCUT2D eigenvalue weighted by molar-refractivity contribution is 5.68. The summed E-state index contributed by atoms with van der Waals surface area (Å²) in [6.45, 7) is 5.61. The second kappa shape index (κ2) is 5.14. The van der Waals surface area contributed by atoms with E-state index in [-0.39, 0.29) is 18.1 Å². The molecule has 0 aromatic rings. The Morgan fingerprint density at radius 3 is 2.32 bits per heavy atom. The third kappa shape index (κ3) is 3.71. The van der Waals surface area contributed by atoms with Crippen LogP contribution < -0.4 is 5.32 Å². The summed E-state index contributed by atoms with van der Waals surface area (Å²) in [6, 6.07) is 0.232. The fourth-order valence-electron chi connectivity index (χ4n) is 3.41. The summed E-state index contributed by atoms with van der Waals surface area (Å²) in [6.07, 6.45) is 7.14. The van der Waals surface area contributed by atoms with Crippen LogP contribution in [0.5, 0.6) is 0 Å². The Balaban J connectivity index is 1.72. The van der Waals surface area contributed by atoms with Gasteiger partial charge < -0.3 is 14.8 Å². The minimum absolute atomic E-state index is 0.232. The molecule has 19 heavy (non-hydrogen) atoms. The first-order valence-corrected chi connectivity index (χ1v) is 7.27. The maximum atomic E-state index is 11.7. The molecule has 2 rings (SSSR count). The highest BCUT2D eigenvalue weighted by Crippen LogP contribution is 2.54. The number of rotatable bonds is 2. The van der Waals surface area contributed by atoms with Crippen molar-refractivity contribution in [1.29, 1.82) is 0 Å². The Labute approximate surface area is 115 Å². The molecule has 0 saturated heterocycles. The first-order valence-electron chi connectivity index (χ1n) is 7.27. The molecule has 2 fully saturated rings. The van der Waals surface area contributed by atoms with Crippen molar-refractivity contribution in [2.75, 3.05) is 0 Å². The van der Waals surface area contributed by atoms with E-state index in [1.54, 1.807) is 0 Å². The van der Waals surface area contributed by atoms with Crippen LogP contribution in [0.2, 0.25) is 0 Å². The van der Waals surface area contributed by atoms with Gasteiger partial charge in [0.2, 0.25) is 0 Å². The van der Waals surface area contributed by atoms with Gasteiger partial charge in [0.1, 0.15) is 11.9 Å². The van der Waals surface area contributed by atoms with Gasteiger partial charge in [-0.15, -0.1) is 0 Å². The van der Waals surface area contributed by atoms with Gasteiger partial charge in [-0.1, -0.05) is 0 Å². The maximum absolute atomic E-state index is 11.7. The summed E-state index contributed by atoms with van der Waals surface area (Å²) in [7, 11) is 0. The lowest BCUT2D eigenvalue weighted by Crippen LogP contribution is -2.47. The van der Waals surface area contributed by atoms with Gasteiger partial charge in [0.25, 0.3) is 0 Å². The molecule has 2 saturated carbocycles. The Hall–Kier alpha value is -1.06. The zero-order valence-electron chi connectivity index (χ0n) is 12.2. The molecular formula is C15H25NO3. The van der Waals surface area contributed by atoms with Crippen molar-refractivity contribution in [3.63, 3.8) is 0 Å². The Morgan fingerprint density at radius 2 is 1.84 bits per heavy atom. The average Bonchev–Trinajstić information content (AvgIpc) is 2.24. The lowest BCUT2D eigenvalue weighted by molar-refractivity contribution is -0.119. The molecule has 1 N–H and O–H groups in total. The SMILES string of the molecule is CC(C)(C)OC(=O)NC1CCC2(CC1)CC(C=O)C2. The summed E-state index contributed by atoms with van der Waals surface area (Å²) >= 11 is 0. The fraction of sp³-hybridized carbons (Fsp3) is 0.867. The van der Waals surface area contributed by atoms with Crippen molar-refractivity contribution in [3.05, 3.63) is 0 Å². The first kappa shape index (κ1) is 14.4. The van der Waals surface area contributed by atoms with E-state index in [1.165, 1.54) is 0 Å². The number of ether oxygens (including phenoxy) is 1. The molecule has 0 aromatic carbocycles. The van der Waals surface area contributed by atoms with Crippen LogP contribution in [0.3, 0.4) is 0 Å². The van der Waals surface area contributed by atoms with Crippen LogP contribution in [0.15, 0.2) is 0 Å². The van der Waals surface area contributed by atoms with Crippen molar-refractivity contribution in [2.24, 2.45) is 11.3 Å². The minimum atomic E-state index is -0.439. The van der Waals surface area contributed by atoms with E-state index in [0.717, 1.165) is 44.8 Å². The third-order valence-electron chi connectivity index (χ3n) is 4.35. The van der Waals surface area contributed by atoms with Crippen molar-refractivity contribution < 1.29 is 14.3 Å². The Bertz CT molecular complexity index is 343. The van der Waals surface area contributed by atoms with Crippen molar-refractivity contribution in [2.45, 2.75) is 70.9 Å². The van der Waals surface area contributed by atoms with Gasteiger partial charge in [-0.3, -0.25) is 0 Å². The summed E-state index contributed by atoms with van der Waals surface area (Å²) in [5, 5.41) is 2.96. The number of amides is 1. The number of aldehydes is 1. The molecule has 0 heterocycles. The van der Waals surface area contributed by atoms with E-state index in [4.69, 9.17) is 4.74 Å². The molecule has 4 nitrogen and oxygen atoms in total. The second-order valence-corrected chi connectivity index (χ2v) is 7.22. The summed E-state index contributed by atoms with van der Waals surface area (Å²) in [5.74, 6) is 0.287. The van der Waals surface area contributed by atoms with Crippen LogP contribution in [-0.4, -0.2) is 24.0 Å². The van der Waals surface area contributed by atoms with Crippen molar-refractivity contribution in [1.82, 2.24) is 5.32 Å². The molecule has 0 aromatic heterocycles. The predicted octanol–water partition coefficient (Wildman–Crippen LogP) is 3.05. The minimum Gasteiger partial charge on any atom is -0.444 e. The van der Waals surface area contributed by atoms with Gasteiger partial charge in [0.05, 0.1) is 0 Å². The molecule has 1 spiro atoms. The molecule has 0 bridgehead atoms. The van der Waals surface area contributed by atoms with E-state index in [1.807, 2.05) is 20.8 Å². The average molecular weight is 267 g/mol. The van der Waals surface area contributed by atoms with Gasteiger partial charge >= 0.3 is 6.09 Å². The van der Waals surface area contributed by atoms with Crippen LogP contribution in [0.1, 0.15) is 59.3 Å². The van der Waals surface area contributed by atoms with E-state index < -0.39 is 5.60 Å². The number of carbonyl (C=O) groups excluding carboxylic acids is 2. The van der Waals surface area contributed by atoms with Crippen molar-refractivity contribution in [3.8, 4) is 0 Å². The first-order chi connectivity index (χ1) is 8.82. The molecule has 4 heteroatoms.